The number of ether oxygens (including phenoxy) is 2. The van der Waals surface area contributed by atoms with Gasteiger partial charge in [0.2, 0.25) is 11.8 Å². The monoisotopic (exact) mass is 393 g/mol. The van der Waals surface area contributed by atoms with Gasteiger partial charge in [0.1, 0.15) is 18.7 Å². The number of rotatable bonds is 5. The molecule has 1 saturated heterocycles. The number of nitrogens with zero attached hydrogens (tertiary/aromatic N) is 3. The maximum absolute atomic E-state index is 13.0. The fourth-order valence-electron chi connectivity index (χ4n) is 4.30. The van der Waals surface area contributed by atoms with Gasteiger partial charge in [0.15, 0.2) is 0 Å². The lowest BCUT2D eigenvalue weighted by Gasteiger charge is -2.35. The summed E-state index contributed by atoms with van der Waals surface area (Å²) in [6.07, 6.45) is 6.76. The maximum Gasteiger partial charge on any atom is 0.229 e. The van der Waals surface area contributed by atoms with Crippen LogP contribution in [0.15, 0.2) is 36.7 Å². The molecule has 1 unspecified atom stereocenters. The van der Waals surface area contributed by atoms with Crippen molar-refractivity contribution in [2.45, 2.75) is 38.0 Å². The predicted octanol–water partition coefficient (Wildman–Crippen LogP) is 3.22. The van der Waals surface area contributed by atoms with Crippen molar-refractivity contribution in [1.82, 2.24) is 14.9 Å². The number of hydrogen-bond donors (Lipinski definition) is 0. The van der Waals surface area contributed by atoms with Gasteiger partial charge in [0.25, 0.3) is 0 Å². The van der Waals surface area contributed by atoms with E-state index in [0.717, 1.165) is 49.4 Å². The van der Waals surface area contributed by atoms with E-state index < -0.39 is 0 Å². The fraction of sp³-hybridized carbons (Fsp3) is 0.522. The third kappa shape index (κ3) is 4.21. The summed E-state index contributed by atoms with van der Waals surface area (Å²) in [6.45, 7) is 2.73. The minimum Gasteiger partial charge on any atom is -0.492 e. The molecule has 2 aliphatic heterocycles. The molecule has 152 valence electrons. The van der Waals surface area contributed by atoms with Crippen LogP contribution in [0.25, 0.3) is 0 Å². The highest BCUT2D eigenvalue weighted by Crippen LogP contribution is 2.39. The quantitative estimate of drug-likeness (QED) is 0.780. The first-order valence-corrected chi connectivity index (χ1v) is 10.7. The Bertz CT molecular complexity index is 875. The number of hydrogen-bond acceptors (Lipinski definition) is 5. The SMILES string of the molecule is O=C(C1COc2ccccc2C1)N1CCC(COc2cc(C3CC3)ncn2)CC1. The Morgan fingerprint density at radius 2 is 1.97 bits per heavy atom. The second-order valence-electron chi connectivity index (χ2n) is 8.45. The van der Waals surface area contributed by atoms with E-state index in [4.69, 9.17) is 9.47 Å². The molecule has 3 heterocycles. The van der Waals surface area contributed by atoms with Crippen molar-refractivity contribution in [2.24, 2.45) is 11.8 Å². The van der Waals surface area contributed by atoms with Crippen LogP contribution in [0.4, 0.5) is 0 Å². The second-order valence-corrected chi connectivity index (χ2v) is 8.45. The highest BCUT2D eigenvalue weighted by atomic mass is 16.5. The summed E-state index contributed by atoms with van der Waals surface area (Å²) >= 11 is 0. The summed E-state index contributed by atoms with van der Waals surface area (Å²) < 4.78 is 11.7. The zero-order valence-electron chi connectivity index (χ0n) is 16.6. The molecule has 0 N–H and O–H groups in total. The molecule has 29 heavy (non-hydrogen) atoms. The molecule has 3 aliphatic rings. The van der Waals surface area contributed by atoms with Crippen LogP contribution in [0.5, 0.6) is 11.6 Å². The summed E-state index contributed by atoms with van der Waals surface area (Å²) in [5, 5.41) is 0. The molecule has 5 rings (SSSR count). The van der Waals surface area contributed by atoms with Gasteiger partial charge in [0.05, 0.1) is 18.2 Å². The molecule has 1 atom stereocenters. The van der Waals surface area contributed by atoms with E-state index in [1.807, 2.05) is 29.2 Å². The van der Waals surface area contributed by atoms with Gasteiger partial charge in [-0.15, -0.1) is 0 Å². The summed E-state index contributed by atoms with van der Waals surface area (Å²) in [7, 11) is 0. The first kappa shape index (κ1) is 18.4. The van der Waals surface area contributed by atoms with Crippen LogP contribution in [-0.2, 0) is 11.2 Å². The Hall–Kier alpha value is -2.63. The van der Waals surface area contributed by atoms with Gasteiger partial charge >= 0.3 is 0 Å². The van der Waals surface area contributed by atoms with Gasteiger partial charge in [0, 0.05) is 25.1 Å². The maximum atomic E-state index is 13.0. The lowest BCUT2D eigenvalue weighted by atomic mass is 9.93. The zero-order chi connectivity index (χ0) is 19.6. The van der Waals surface area contributed by atoms with E-state index in [0.29, 0.717) is 30.9 Å². The molecule has 2 aromatic rings. The van der Waals surface area contributed by atoms with Gasteiger partial charge in [-0.05, 0) is 49.7 Å². The Labute approximate surface area is 171 Å². The molecule has 1 aromatic carbocycles. The number of fused-ring (bicyclic) bond motifs is 1. The average molecular weight is 393 g/mol. The number of para-hydroxylation sites is 1. The van der Waals surface area contributed by atoms with Crippen LogP contribution in [-0.4, -0.2) is 47.1 Å². The summed E-state index contributed by atoms with van der Waals surface area (Å²) in [4.78, 5) is 23.5. The van der Waals surface area contributed by atoms with Crippen molar-refractivity contribution in [3.05, 3.63) is 47.9 Å². The number of aromatic nitrogens is 2. The number of benzene rings is 1. The van der Waals surface area contributed by atoms with Gasteiger partial charge in [-0.1, -0.05) is 18.2 Å². The lowest BCUT2D eigenvalue weighted by molar-refractivity contribution is -0.138. The third-order valence-electron chi connectivity index (χ3n) is 6.28. The van der Waals surface area contributed by atoms with E-state index in [1.54, 1.807) is 6.33 Å². The lowest BCUT2D eigenvalue weighted by Crippen LogP contribution is -2.45. The van der Waals surface area contributed by atoms with E-state index in [-0.39, 0.29) is 11.8 Å². The Balaban J connectivity index is 1.10. The van der Waals surface area contributed by atoms with Crippen molar-refractivity contribution in [2.75, 3.05) is 26.3 Å². The molecule has 0 spiro atoms. The van der Waals surface area contributed by atoms with E-state index in [9.17, 15) is 4.79 Å². The smallest absolute Gasteiger partial charge is 0.229 e. The van der Waals surface area contributed by atoms with E-state index in [1.165, 1.54) is 12.8 Å². The first-order valence-electron chi connectivity index (χ1n) is 10.7. The highest BCUT2D eigenvalue weighted by Gasteiger charge is 2.32. The van der Waals surface area contributed by atoms with Crippen molar-refractivity contribution < 1.29 is 14.3 Å². The number of likely N-dealkylation sites (tertiary alicyclic amines) is 1. The van der Waals surface area contributed by atoms with Crippen LogP contribution in [0, 0.1) is 11.8 Å². The van der Waals surface area contributed by atoms with Crippen LogP contribution in [0.3, 0.4) is 0 Å². The molecule has 0 radical (unpaired) electrons. The fourth-order valence-corrected chi connectivity index (χ4v) is 4.30. The van der Waals surface area contributed by atoms with E-state index in [2.05, 4.69) is 16.0 Å². The largest absolute Gasteiger partial charge is 0.492 e. The molecule has 1 saturated carbocycles. The summed E-state index contributed by atoms with van der Waals surface area (Å²) in [6, 6.07) is 10.00. The van der Waals surface area contributed by atoms with Gasteiger partial charge < -0.3 is 14.4 Å². The Morgan fingerprint density at radius 3 is 2.79 bits per heavy atom. The van der Waals surface area contributed by atoms with Crippen molar-refractivity contribution in [3.8, 4) is 11.6 Å². The number of amides is 1. The van der Waals surface area contributed by atoms with Gasteiger partial charge in [-0.3, -0.25) is 4.79 Å². The molecule has 6 heteroatoms. The molecule has 1 aromatic heterocycles. The predicted molar refractivity (Wildman–Crippen MR) is 108 cm³/mol. The second kappa shape index (κ2) is 8.01. The molecule has 6 nitrogen and oxygen atoms in total. The number of carbonyl (C=O) groups excluding carboxylic acids is 1. The average Bonchev–Trinajstić information content (AvgIpc) is 3.63. The van der Waals surface area contributed by atoms with Crippen molar-refractivity contribution in [3.63, 3.8) is 0 Å². The highest BCUT2D eigenvalue weighted by molar-refractivity contribution is 5.80. The molecule has 1 aliphatic carbocycles. The molecular formula is C23H27N3O3. The van der Waals surface area contributed by atoms with Crippen LogP contribution in [0.1, 0.15) is 42.9 Å². The normalized spacial score (nSPS) is 21.9. The summed E-state index contributed by atoms with van der Waals surface area (Å²) in [5.74, 6) is 2.82. The first-order chi connectivity index (χ1) is 14.3. The molecule has 1 amide bonds. The molecule has 2 fully saturated rings. The molecule has 0 bridgehead atoms. The number of carbonyl (C=O) groups is 1. The van der Waals surface area contributed by atoms with Crippen molar-refractivity contribution in [1.29, 1.82) is 0 Å². The Kier molecular flexibility index (Phi) is 5.08. The van der Waals surface area contributed by atoms with Crippen molar-refractivity contribution >= 4 is 5.91 Å². The Morgan fingerprint density at radius 1 is 1.14 bits per heavy atom. The standard InChI is InChI=1S/C23H27N3O3/c27-23(19-11-18-3-1-2-4-21(18)28-14-19)26-9-7-16(8-10-26)13-29-22-12-20(17-5-6-17)24-15-25-22/h1-4,12,15-17,19H,5-11,13-14H2. The van der Waals surface area contributed by atoms with Crippen LogP contribution < -0.4 is 9.47 Å². The topological polar surface area (TPSA) is 64.5 Å². The molecular weight excluding hydrogens is 366 g/mol. The van der Waals surface area contributed by atoms with Gasteiger partial charge in [-0.25, -0.2) is 9.97 Å². The zero-order valence-corrected chi connectivity index (χ0v) is 16.6. The summed E-state index contributed by atoms with van der Waals surface area (Å²) in [5.41, 5.74) is 2.24. The van der Waals surface area contributed by atoms with Crippen LogP contribution in [0.2, 0.25) is 0 Å². The van der Waals surface area contributed by atoms with Gasteiger partial charge in [-0.2, -0.15) is 0 Å². The van der Waals surface area contributed by atoms with E-state index >= 15 is 0 Å². The minimum atomic E-state index is -0.0698. The number of piperidine rings is 1. The minimum absolute atomic E-state index is 0.0698. The van der Waals surface area contributed by atoms with Crippen LogP contribution >= 0.6 is 0 Å². The third-order valence-corrected chi connectivity index (χ3v) is 6.28.